The maximum absolute atomic E-state index is 8.36. The first-order valence-corrected chi connectivity index (χ1v) is 6.09. The molecule has 0 bridgehead atoms. The largest absolute Gasteiger partial charge is 0.483 e. The molecule has 0 saturated carbocycles. The third-order valence-corrected chi connectivity index (χ3v) is 2.41. The number of rotatable bonds is 3. The van der Waals surface area contributed by atoms with Crippen LogP contribution in [-0.4, -0.2) is 17.6 Å². The molecule has 0 amide bonds. The molecule has 0 aliphatic heterocycles. The Morgan fingerprint density at radius 3 is 2.32 bits per heavy atom. The van der Waals surface area contributed by atoms with Gasteiger partial charge in [-0.1, -0.05) is 34.1 Å². The van der Waals surface area contributed by atoms with Crippen molar-refractivity contribution < 1.29 is 42.6 Å². The van der Waals surface area contributed by atoms with Gasteiger partial charge in [0.05, 0.1) is 0 Å². The molecule has 0 aliphatic rings. The van der Waals surface area contributed by atoms with Gasteiger partial charge in [-0.2, -0.15) is 35.4 Å². The Hall–Kier alpha value is -0.246. The molecular weight excluding hydrogens is 315 g/mol. The molecular formula is C15H24NO2Y-. The fourth-order valence-electron chi connectivity index (χ4n) is 1.82. The number of nitrogens with two attached hydrogens (primary N) is 1. The van der Waals surface area contributed by atoms with Gasteiger partial charge in [-0.25, -0.2) is 0 Å². The minimum absolute atomic E-state index is 0. The number of hydrogen-bond acceptors (Lipinski definition) is 2. The Bertz CT molecular complexity index is 344. The summed E-state index contributed by atoms with van der Waals surface area (Å²) in [5.74, 6) is 0. The van der Waals surface area contributed by atoms with E-state index in [9.17, 15) is 0 Å². The van der Waals surface area contributed by atoms with E-state index in [4.69, 9.17) is 15.6 Å². The Labute approximate surface area is 141 Å². The smallest absolute Gasteiger partial charge is 0.290 e. The summed E-state index contributed by atoms with van der Waals surface area (Å²) in [7, 11) is 0. The normalized spacial score (nSPS) is 11.6. The zero-order valence-electron chi connectivity index (χ0n) is 12.3. The van der Waals surface area contributed by atoms with E-state index in [2.05, 4.69) is 52.0 Å². The van der Waals surface area contributed by atoms with Crippen LogP contribution in [0.15, 0.2) is 18.2 Å². The van der Waals surface area contributed by atoms with E-state index in [1.807, 2.05) is 0 Å². The van der Waals surface area contributed by atoms with E-state index >= 15 is 0 Å². The van der Waals surface area contributed by atoms with Crippen LogP contribution in [0.1, 0.15) is 38.3 Å². The summed E-state index contributed by atoms with van der Waals surface area (Å²) in [5, 5.41) is 6.89. The molecule has 0 saturated heterocycles. The van der Waals surface area contributed by atoms with Gasteiger partial charge >= 0.3 is 0 Å². The first-order chi connectivity index (χ1) is 8.28. The molecule has 3 nitrogen and oxygen atoms in total. The topological polar surface area (TPSA) is 63.3 Å². The minimum atomic E-state index is -0.250. The third kappa shape index (κ3) is 12.5. The molecule has 0 aliphatic carbocycles. The minimum Gasteiger partial charge on any atom is -0.483 e. The fraction of sp³-hybridized carbons (Fsp3) is 0.533. The average Bonchev–Trinajstić information content (AvgIpc) is 2.20. The van der Waals surface area contributed by atoms with Gasteiger partial charge in [0.2, 0.25) is 0 Å². The third-order valence-electron chi connectivity index (χ3n) is 2.41. The van der Waals surface area contributed by atoms with Crippen molar-refractivity contribution in [2.45, 2.75) is 46.6 Å². The molecule has 1 rings (SSSR count). The molecule has 0 fully saturated rings. The van der Waals surface area contributed by atoms with Crippen molar-refractivity contribution in [3.8, 4) is 0 Å². The van der Waals surface area contributed by atoms with Crippen LogP contribution in [0.25, 0.3) is 0 Å². The second-order valence-electron chi connectivity index (χ2n) is 5.71. The van der Waals surface area contributed by atoms with Gasteiger partial charge in [-0.05, 0) is 17.9 Å². The van der Waals surface area contributed by atoms with Gasteiger partial charge in [0.15, 0.2) is 0 Å². The zero-order valence-corrected chi connectivity index (χ0v) is 15.1. The summed E-state index contributed by atoms with van der Waals surface area (Å²) in [6.07, 6.45) is 2.01. The van der Waals surface area contributed by atoms with Gasteiger partial charge in [-0.3, -0.25) is 4.79 Å². The zero-order chi connectivity index (χ0) is 14.2. The number of carboxylic acid groups (broad SMARTS) is 1. The van der Waals surface area contributed by atoms with Crippen LogP contribution in [0, 0.1) is 18.4 Å². The van der Waals surface area contributed by atoms with E-state index in [1.54, 1.807) is 0 Å². The van der Waals surface area contributed by atoms with Crippen LogP contribution >= 0.6 is 0 Å². The summed E-state index contributed by atoms with van der Waals surface area (Å²) >= 11 is 0. The summed E-state index contributed by atoms with van der Waals surface area (Å²) in [6, 6.07) is 9.76. The van der Waals surface area contributed by atoms with E-state index in [0.717, 1.165) is 12.8 Å². The van der Waals surface area contributed by atoms with Crippen LogP contribution in [0.5, 0.6) is 0 Å². The van der Waals surface area contributed by atoms with Gasteiger partial charge in [0.25, 0.3) is 6.47 Å². The van der Waals surface area contributed by atoms with E-state index in [-0.39, 0.29) is 45.2 Å². The van der Waals surface area contributed by atoms with Gasteiger partial charge < -0.3 is 10.8 Å². The summed E-state index contributed by atoms with van der Waals surface area (Å²) in [4.78, 5) is 8.36. The van der Waals surface area contributed by atoms with Crippen LogP contribution in [0.3, 0.4) is 0 Å². The monoisotopic (exact) mass is 339 g/mol. The maximum atomic E-state index is 8.36. The maximum Gasteiger partial charge on any atom is 0.290 e. The molecule has 3 N–H and O–H groups in total. The molecule has 1 unspecified atom stereocenters. The standard InChI is InChI=1S/C14H22N.CH2O2.Y/c1-11-5-7-12(8-6-11)9-13(15)10-14(2,3)4;2-1-3;/h5,7-8,13H,9-10,15H2,1-4H3;1H,(H,2,3);/q-1;;. The molecule has 1 atom stereocenters. The van der Waals surface area contributed by atoms with Crippen molar-refractivity contribution in [1.82, 2.24) is 0 Å². The number of benzene rings is 1. The Morgan fingerprint density at radius 1 is 1.42 bits per heavy atom. The summed E-state index contributed by atoms with van der Waals surface area (Å²) in [5.41, 5.74) is 8.90. The van der Waals surface area contributed by atoms with Crippen molar-refractivity contribution in [3.63, 3.8) is 0 Å². The first-order valence-electron chi connectivity index (χ1n) is 6.09. The SMILES string of the molecule is Cc1[c-]cc(CC(N)CC(C)(C)C)cc1.O=CO.[Y]. The molecule has 0 spiro atoms. The van der Waals surface area contributed by atoms with Crippen molar-refractivity contribution in [1.29, 1.82) is 0 Å². The molecule has 1 aromatic rings. The average molecular weight is 339 g/mol. The molecule has 0 aromatic heterocycles. The predicted octanol–water partition coefficient (Wildman–Crippen LogP) is 2.80. The van der Waals surface area contributed by atoms with Crippen molar-refractivity contribution in [2.75, 3.05) is 0 Å². The summed E-state index contributed by atoms with van der Waals surface area (Å²) < 4.78 is 0. The Kier molecular flexibility index (Phi) is 11.7. The van der Waals surface area contributed by atoms with Crippen molar-refractivity contribution in [3.05, 3.63) is 35.4 Å². The molecule has 105 valence electrons. The Morgan fingerprint density at radius 2 is 1.95 bits per heavy atom. The number of carbonyl (C=O) groups is 1. The van der Waals surface area contributed by atoms with Crippen LogP contribution < -0.4 is 5.73 Å². The second kappa shape index (κ2) is 10.5. The first kappa shape index (κ1) is 21.1. The number of hydrogen-bond donors (Lipinski definition) is 2. The van der Waals surface area contributed by atoms with E-state index < -0.39 is 0 Å². The number of aryl methyl sites for hydroxylation is 1. The fourth-order valence-corrected chi connectivity index (χ4v) is 1.82. The molecule has 19 heavy (non-hydrogen) atoms. The predicted molar refractivity (Wildman–Crippen MR) is 74.5 cm³/mol. The summed E-state index contributed by atoms with van der Waals surface area (Å²) in [6.45, 7) is 8.50. The van der Waals surface area contributed by atoms with E-state index in [1.165, 1.54) is 11.1 Å². The Balaban J connectivity index is 0. The van der Waals surface area contributed by atoms with Crippen molar-refractivity contribution >= 4 is 6.47 Å². The molecule has 1 aromatic carbocycles. The quantitative estimate of drug-likeness (QED) is 0.657. The van der Waals surface area contributed by atoms with Gasteiger partial charge in [-0.15, -0.1) is 0 Å². The molecule has 4 heteroatoms. The van der Waals surface area contributed by atoms with Gasteiger partial charge in [0, 0.05) is 32.7 Å². The van der Waals surface area contributed by atoms with Crippen LogP contribution in [0.2, 0.25) is 0 Å². The second-order valence-corrected chi connectivity index (χ2v) is 5.71. The van der Waals surface area contributed by atoms with Crippen molar-refractivity contribution in [2.24, 2.45) is 11.1 Å². The molecule has 1 radical (unpaired) electrons. The molecule has 0 heterocycles. The van der Waals surface area contributed by atoms with Crippen LogP contribution in [-0.2, 0) is 43.9 Å². The van der Waals surface area contributed by atoms with Crippen LogP contribution in [0.4, 0.5) is 0 Å². The van der Waals surface area contributed by atoms with Gasteiger partial charge in [0.1, 0.15) is 0 Å². The van der Waals surface area contributed by atoms with E-state index in [0.29, 0.717) is 5.41 Å².